The Balaban J connectivity index is 1.91. The molecule has 2 aliphatic rings. The molecule has 0 spiro atoms. The molecule has 1 fully saturated rings. The number of fused-ring (bicyclic) bond motifs is 1. The van der Waals surface area contributed by atoms with Crippen LogP contribution in [0.2, 0.25) is 0 Å². The van der Waals surface area contributed by atoms with Crippen LogP contribution in [-0.4, -0.2) is 26.2 Å². The second-order valence-electron chi connectivity index (χ2n) is 5.09. The Kier molecular flexibility index (Phi) is 3.10. The summed E-state index contributed by atoms with van der Waals surface area (Å²) in [7, 11) is -3.65. The van der Waals surface area contributed by atoms with Crippen molar-refractivity contribution < 1.29 is 18.0 Å². The van der Waals surface area contributed by atoms with E-state index in [0.717, 1.165) is 25.7 Å². The molecule has 106 valence electrons. The summed E-state index contributed by atoms with van der Waals surface area (Å²) in [6, 6.07) is 4.06. The van der Waals surface area contributed by atoms with E-state index in [1.54, 1.807) is 0 Å². The lowest BCUT2D eigenvalue weighted by Crippen LogP contribution is -2.32. The van der Waals surface area contributed by atoms with Crippen LogP contribution >= 0.6 is 0 Å². The lowest BCUT2D eigenvalue weighted by Gasteiger charge is -2.12. The Hall–Kier alpha value is -1.73. The summed E-state index contributed by atoms with van der Waals surface area (Å²) in [4.78, 5) is 22.9. The normalized spacial score (nSPS) is 19.2. The molecule has 2 N–H and O–H groups in total. The molecule has 20 heavy (non-hydrogen) atoms. The number of ketones is 1. The van der Waals surface area contributed by atoms with Crippen molar-refractivity contribution in [2.45, 2.75) is 36.6 Å². The lowest BCUT2D eigenvalue weighted by molar-refractivity contribution is -0.112. The van der Waals surface area contributed by atoms with E-state index in [4.69, 9.17) is 0 Å². The van der Waals surface area contributed by atoms with Crippen LogP contribution in [0.4, 0.5) is 5.69 Å². The van der Waals surface area contributed by atoms with Gasteiger partial charge in [0, 0.05) is 6.04 Å². The fourth-order valence-electron chi connectivity index (χ4n) is 2.62. The number of hydrogen-bond donors (Lipinski definition) is 2. The zero-order chi connectivity index (χ0) is 14.3. The highest BCUT2D eigenvalue weighted by atomic mass is 32.2. The first-order chi connectivity index (χ1) is 9.47. The van der Waals surface area contributed by atoms with E-state index in [1.807, 2.05) is 0 Å². The summed E-state index contributed by atoms with van der Waals surface area (Å²) in [6.45, 7) is 0. The van der Waals surface area contributed by atoms with E-state index in [-0.39, 0.29) is 16.5 Å². The van der Waals surface area contributed by atoms with Crippen LogP contribution in [0.5, 0.6) is 0 Å². The van der Waals surface area contributed by atoms with Crippen LogP contribution < -0.4 is 10.0 Å². The van der Waals surface area contributed by atoms with Gasteiger partial charge in [0.1, 0.15) is 0 Å². The van der Waals surface area contributed by atoms with E-state index in [0.29, 0.717) is 5.69 Å². The van der Waals surface area contributed by atoms with Gasteiger partial charge in [0.15, 0.2) is 0 Å². The van der Waals surface area contributed by atoms with Crippen molar-refractivity contribution in [2.75, 3.05) is 5.32 Å². The molecule has 0 atom stereocenters. The third kappa shape index (κ3) is 2.23. The van der Waals surface area contributed by atoms with Crippen molar-refractivity contribution in [1.82, 2.24) is 4.72 Å². The molecule has 1 saturated carbocycles. The molecule has 1 aromatic rings. The second-order valence-corrected chi connectivity index (χ2v) is 6.81. The molecule has 0 aromatic heterocycles. The first-order valence-corrected chi connectivity index (χ1v) is 7.98. The van der Waals surface area contributed by atoms with Crippen LogP contribution in [0.1, 0.15) is 36.0 Å². The third-order valence-electron chi connectivity index (χ3n) is 3.68. The SMILES string of the molecule is O=C1Nc2ccc(S(=O)(=O)NC3CCCC3)cc2C1=O. The fourth-order valence-corrected chi connectivity index (χ4v) is 3.95. The number of benzene rings is 1. The van der Waals surface area contributed by atoms with Crippen molar-refractivity contribution in [3.63, 3.8) is 0 Å². The van der Waals surface area contributed by atoms with Gasteiger partial charge in [-0.3, -0.25) is 9.59 Å². The molecule has 1 aliphatic heterocycles. The quantitative estimate of drug-likeness (QED) is 0.815. The molecule has 1 amide bonds. The molecule has 3 rings (SSSR count). The van der Waals surface area contributed by atoms with Crippen molar-refractivity contribution in [3.05, 3.63) is 23.8 Å². The van der Waals surface area contributed by atoms with Crippen molar-refractivity contribution in [2.24, 2.45) is 0 Å². The van der Waals surface area contributed by atoms with Gasteiger partial charge in [-0.05, 0) is 31.0 Å². The molecule has 1 aromatic carbocycles. The number of hydrogen-bond acceptors (Lipinski definition) is 4. The van der Waals surface area contributed by atoms with Crippen molar-refractivity contribution >= 4 is 27.4 Å². The number of rotatable bonds is 3. The molecule has 6 nitrogen and oxygen atoms in total. The summed E-state index contributed by atoms with van der Waals surface area (Å²) in [5.74, 6) is -1.42. The summed E-state index contributed by atoms with van der Waals surface area (Å²) < 4.78 is 27.1. The van der Waals surface area contributed by atoms with Gasteiger partial charge in [-0.25, -0.2) is 13.1 Å². The maximum atomic E-state index is 12.2. The first-order valence-electron chi connectivity index (χ1n) is 6.49. The highest BCUT2D eigenvalue weighted by Gasteiger charge is 2.30. The average molecular weight is 294 g/mol. The Bertz CT molecular complexity index is 690. The molecule has 0 unspecified atom stereocenters. The predicted octanol–water partition coefficient (Wildman–Crippen LogP) is 1.04. The molecule has 1 heterocycles. The monoisotopic (exact) mass is 294 g/mol. The van der Waals surface area contributed by atoms with Crippen LogP contribution in [0.15, 0.2) is 23.1 Å². The highest BCUT2D eigenvalue weighted by Crippen LogP contribution is 2.27. The van der Waals surface area contributed by atoms with Crippen LogP contribution in [0.25, 0.3) is 0 Å². The minimum absolute atomic E-state index is 0.0213. The lowest BCUT2D eigenvalue weighted by atomic mass is 10.1. The largest absolute Gasteiger partial charge is 0.318 e. The highest BCUT2D eigenvalue weighted by molar-refractivity contribution is 7.89. The zero-order valence-corrected chi connectivity index (χ0v) is 11.5. The molecule has 1 aliphatic carbocycles. The smallest absolute Gasteiger partial charge is 0.296 e. The summed E-state index contributed by atoms with van der Waals surface area (Å²) in [5, 5.41) is 2.40. The Labute approximate surface area is 116 Å². The van der Waals surface area contributed by atoms with Gasteiger partial charge in [0.05, 0.1) is 16.1 Å². The fraction of sp³-hybridized carbons (Fsp3) is 0.385. The van der Waals surface area contributed by atoms with Gasteiger partial charge in [0.25, 0.3) is 11.7 Å². The van der Waals surface area contributed by atoms with Gasteiger partial charge in [-0.2, -0.15) is 0 Å². The molecule has 0 radical (unpaired) electrons. The standard InChI is InChI=1S/C13H14N2O4S/c16-12-10-7-9(5-6-11(10)14-13(12)17)20(18,19)15-8-3-1-2-4-8/h5-8,15H,1-4H2,(H,14,16,17). The van der Waals surface area contributed by atoms with Crippen LogP contribution in [0.3, 0.4) is 0 Å². The van der Waals surface area contributed by atoms with Gasteiger partial charge >= 0.3 is 0 Å². The number of nitrogens with one attached hydrogen (secondary N) is 2. The average Bonchev–Trinajstić information content (AvgIpc) is 2.98. The van der Waals surface area contributed by atoms with E-state index < -0.39 is 21.7 Å². The van der Waals surface area contributed by atoms with Crippen molar-refractivity contribution in [1.29, 1.82) is 0 Å². The van der Waals surface area contributed by atoms with E-state index in [9.17, 15) is 18.0 Å². The maximum absolute atomic E-state index is 12.2. The van der Waals surface area contributed by atoms with Gasteiger partial charge < -0.3 is 5.32 Å². The zero-order valence-electron chi connectivity index (χ0n) is 10.7. The molecule has 0 saturated heterocycles. The number of sulfonamides is 1. The van der Waals surface area contributed by atoms with Crippen LogP contribution in [0, 0.1) is 0 Å². The number of carbonyl (C=O) groups is 2. The van der Waals surface area contributed by atoms with Gasteiger partial charge in [-0.15, -0.1) is 0 Å². The topological polar surface area (TPSA) is 92.3 Å². The number of anilines is 1. The Morgan fingerprint density at radius 1 is 1.15 bits per heavy atom. The van der Waals surface area contributed by atoms with Gasteiger partial charge in [0.2, 0.25) is 10.0 Å². The second kappa shape index (κ2) is 4.68. The first kappa shape index (κ1) is 13.3. The maximum Gasteiger partial charge on any atom is 0.296 e. The Morgan fingerprint density at radius 2 is 1.85 bits per heavy atom. The molecular formula is C13H14N2O4S. The minimum atomic E-state index is -3.65. The number of amides is 1. The van der Waals surface area contributed by atoms with E-state index in [2.05, 4.69) is 10.0 Å². The Morgan fingerprint density at radius 3 is 2.55 bits per heavy atom. The number of Topliss-reactive ketones (excluding diaryl/α,β-unsaturated/α-hetero) is 1. The van der Waals surface area contributed by atoms with E-state index >= 15 is 0 Å². The number of carbonyl (C=O) groups excluding carboxylic acids is 2. The van der Waals surface area contributed by atoms with Crippen LogP contribution in [-0.2, 0) is 14.8 Å². The van der Waals surface area contributed by atoms with Gasteiger partial charge in [-0.1, -0.05) is 12.8 Å². The summed E-state index contributed by atoms with van der Waals surface area (Å²) in [5.41, 5.74) is 0.476. The third-order valence-corrected chi connectivity index (χ3v) is 5.20. The summed E-state index contributed by atoms with van der Waals surface area (Å²) >= 11 is 0. The van der Waals surface area contributed by atoms with E-state index in [1.165, 1.54) is 18.2 Å². The summed E-state index contributed by atoms with van der Waals surface area (Å²) in [6.07, 6.45) is 3.72. The molecule has 0 bridgehead atoms. The van der Waals surface area contributed by atoms with Crippen molar-refractivity contribution in [3.8, 4) is 0 Å². The molecule has 7 heteroatoms. The predicted molar refractivity (Wildman–Crippen MR) is 72.0 cm³/mol. The minimum Gasteiger partial charge on any atom is -0.318 e. The molecular weight excluding hydrogens is 280 g/mol.